The van der Waals surface area contributed by atoms with E-state index in [-0.39, 0.29) is 24.0 Å². The maximum atomic E-state index is 11.8. The molecule has 0 saturated carbocycles. The number of alkyl halides is 1. The molecule has 0 amide bonds. The van der Waals surface area contributed by atoms with Gasteiger partial charge in [-0.1, -0.05) is 86.7 Å². The summed E-state index contributed by atoms with van der Waals surface area (Å²) in [7, 11) is 0. The quantitative estimate of drug-likeness (QED) is 0.0794. The zero-order chi connectivity index (χ0) is 42.2. The largest absolute Gasteiger partial charge is 0.481 e. The van der Waals surface area contributed by atoms with Crippen molar-refractivity contribution in [2.75, 3.05) is 30.9 Å². The molecule has 6 rings (SSSR count). The van der Waals surface area contributed by atoms with Crippen LogP contribution in [0, 0.1) is 0 Å². The van der Waals surface area contributed by atoms with Crippen LogP contribution in [-0.2, 0) is 72.0 Å². The number of benzene rings is 2. The van der Waals surface area contributed by atoms with Crippen LogP contribution in [0.25, 0.3) is 21.8 Å². The minimum atomic E-state index is -0.828. The van der Waals surface area contributed by atoms with Crippen LogP contribution in [0.5, 0.6) is 0 Å². The summed E-state index contributed by atoms with van der Waals surface area (Å²) in [4.78, 5) is 26.5. The molecule has 2 aromatic carbocycles. The van der Waals surface area contributed by atoms with Crippen molar-refractivity contribution < 1.29 is 38.7 Å². The van der Waals surface area contributed by atoms with Crippen molar-refractivity contribution in [3.63, 3.8) is 0 Å². The summed E-state index contributed by atoms with van der Waals surface area (Å²) >= 11 is 2.33. The van der Waals surface area contributed by atoms with Crippen molar-refractivity contribution in [1.29, 1.82) is 0 Å². The molecule has 2 atom stereocenters. The average Bonchev–Trinajstić information content (AvgIpc) is 3.72. The van der Waals surface area contributed by atoms with E-state index in [1.165, 1.54) is 38.5 Å². The van der Waals surface area contributed by atoms with Crippen LogP contribution in [0.15, 0.2) is 36.4 Å². The molecule has 316 valence electrons. The molecule has 3 N–H and O–H groups in total. The summed E-state index contributed by atoms with van der Waals surface area (Å²) in [6.07, 6.45) is 4.78. The van der Waals surface area contributed by atoms with E-state index in [0.717, 1.165) is 53.6 Å². The number of carboxylic acid groups (broad SMARTS) is 2. The van der Waals surface area contributed by atoms with Crippen molar-refractivity contribution in [1.82, 2.24) is 9.55 Å². The van der Waals surface area contributed by atoms with Gasteiger partial charge in [-0.2, -0.15) is 0 Å². The molecule has 2 aliphatic heterocycles. The predicted octanol–water partition coefficient (Wildman–Crippen LogP) is 10.3. The minimum Gasteiger partial charge on any atom is -0.481 e. The molecule has 0 spiro atoms. The Morgan fingerprint density at radius 3 is 1.82 bits per heavy atom. The number of H-pyrrole nitrogens is 1. The number of aliphatic carboxylic acids is 2. The van der Waals surface area contributed by atoms with E-state index in [0.29, 0.717) is 39.2 Å². The molecule has 2 aliphatic rings. The fraction of sp³-hybridized carbons (Fsp3) is 0.609. The lowest BCUT2D eigenvalue weighted by atomic mass is 9.85. The van der Waals surface area contributed by atoms with E-state index in [1.807, 2.05) is 27.7 Å². The van der Waals surface area contributed by atoms with Gasteiger partial charge in [-0.3, -0.25) is 9.59 Å². The van der Waals surface area contributed by atoms with Gasteiger partial charge in [0.25, 0.3) is 0 Å². The van der Waals surface area contributed by atoms with Crippen LogP contribution >= 0.6 is 22.6 Å². The molecule has 2 aromatic heterocycles. The van der Waals surface area contributed by atoms with E-state index in [4.69, 9.17) is 18.9 Å². The molecule has 0 bridgehead atoms. The van der Waals surface area contributed by atoms with E-state index < -0.39 is 23.1 Å². The normalized spacial score (nSPS) is 19.3. The number of aromatic amines is 1. The first-order valence-corrected chi connectivity index (χ1v) is 22.4. The van der Waals surface area contributed by atoms with Crippen molar-refractivity contribution in [2.45, 2.75) is 150 Å². The van der Waals surface area contributed by atoms with Crippen molar-refractivity contribution in [3.05, 3.63) is 70.0 Å². The summed E-state index contributed by atoms with van der Waals surface area (Å²) in [5.41, 5.74) is 7.56. The molecule has 4 heterocycles. The zero-order valence-electron chi connectivity index (χ0n) is 36.0. The number of ether oxygens (including phenoxy) is 4. The van der Waals surface area contributed by atoms with Gasteiger partial charge in [0, 0.05) is 33.9 Å². The van der Waals surface area contributed by atoms with Crippen LogP contribution in [0.1, 0.15) is 129 Å². The lowest BCUT2D eigenvalue weighted by Crippen LogP contribution is -2.41. The van der Waals surface area contributed by atoms with Gasteiger partial charge < -0.3 is 38.7 Å². The number of aryl methyl sites for hydroxylation is 2. The first-order valence-electron chi connectivity index (χ1n) is 20.8. The van der Waals surface area contributed by atoms with Crippen LogP contribution in [0.4, 0.5) is 0 Å². The maximum absolute atomic E-state index is 11.8. The molecule has 57 heavy (non-hydrogen) atoms. The first-order chi connectivity index (χ1) is 27.0. The number of nitrogens with one attached hydrogen (secondary N) is 1. The highest BCUT2D eigenvalue weighted by atomic mass is 127. The molecule has 0 saturated heterocycles. The number of rotatable bonds is 15. The maximum Gasteiger partial charge on any atom is 0.306 e. The van der Waals surface area contributed by atoms with Crippen molar-refractivity contribution in [2.24, 2.45) is 0 Å². The van der Waals surface area contributed by atoms with Gasteiger partial charge in [-0.15, -0.1) is 0 Å². The molecule has 10 nitrogen and oxygen atoms in total. The second-order valence-electron chi connectivity index (χ2n) is 16.3. The number of carbonyl (C=O) groups is 2. The van der Waals surface area contributed by atoms with E-state index in [2.05, 4.69) is 110 Å². The SMILES string of the molecule is CCOC(C)(C)CI.CCOC(C)(C)Cn1c2c(c3cccc(CC)c31)CCOC2(CC)CC(=O)O.CCc1cccc2c3c([nH]c12)C(CC)(CC(=O)O)OCC3. The third-order valence-corrected chi connectivity index (χ3v) is 13.2. The number of fused-ring (bicyclic) bond motifs is 6. The summed E-state index contributed by atoms with van der Waals surface area (Å²) in [5.74, 6) is -1.65. The van der Waals surface area contributed by atoms with E-state index in [9.17, 15) is 19.8 Å². The molecule has 2 unspecified atom stereocenters. The highest BCUT2D eigenvalue weighted by Crippen LogP contribution is 2.45. The standard InChI is InChI=1S/C23H33NO4.C17H21NO3.C6H13IO/c1-6-16-10-9-11-17-18-12-13-28-23(7-2,14-19(25)26)21(18)24(20(16)17)15-22(4,5)27-8-3;1-3-11-6-5-7-12-13-8-9-21-17(4-2,10-14(19)20)16(13)18-15(11)12;1-4-8-6(2,3)5-7/h9-11H,6-8,12-15H2,1-5H3,(H,25,26);5-7,18H,3-4,8-10H2,1-2H3,(H,19,20);4-5H2,1-3H3. The fourth-order valence-corrected chi connectivity index (χ4v) is 8.92. The van der Waals surface area contributed by atoms with Gasteiger partial charge in [-0.25, -0.2) is 0 Å². The fourth-order valence-electron chi connectivity index (χ4n) is 8.70. The van der Waals surface area contributed by atoms with Crippen LogP contribution in [0.2, 0.25) is 0 Å². The summed E-state index contributed by atoms with van der Waals surface area (Å²) in [6, 6.07) is 12.8. The Balaban J connectivity index is 0.000000218. The van der Waals surface area contributed by atoms with Crippen LogP contribution in [-0.4, -0.2) is 73.8 Å². The summed E-state index contributed by atoms with van der Waals surface area (Å²) in [6.45, 7) is 24.0. The Morgan fingerprint density at radius 1 is 0.772 bits per heavy atom. The van der Waals surface area contributed by atoms with Gasteiger partial charge in [0.15, 0.2) is 0 Å². The highest BCUT2D eigenvalue weighted by molar-refractivity contribution is 14.1. The number of carboxylic acids is 2. The highest BCUT2D eigenvalue weighted by Gasteiger charge is 2.44. The summed E-state index contributed by atoms with van der Waals surface area (Å²) < 4.78 is 26.9. The Morgan fingerprint density at radius 2 is 1.30 bits per heavy atom. The predicted molar refractivity (Wildman–Crippen MR) is 237 cm³/mol. The number of aromatic nitrogens is 2. The Kier molecular flexibility index (Phi) is 16.3. The number of para-hydroxylation sites is 2. The van der Waals surface area contributed by atoms with E-state index in [1.54, 1.807) is 0 Å². The van der Waals surface area contributed by atoms with Gasteiger partial charge in [-0.05, 0) is 102 Å². The molecule has 0 aliphatic carbocycles. The van der Waals surface area contributed by atoms with Crippen molar-refractivity contribution >= 4 is 56.3 Å². The number of hydrogen-bond acceptors (Lipinski definition) is 6. The minimum absolute atomic E-state index is 0.00474. The third-order valence-electron chi connectivity index (χ3n) is 11.4. The number of hydrogen-bond donors (Lipinski definition) is 3. The Hall–Kier alpha value is -2.97. The van der Waals surface area contributed by atoms with Crippen LogP contribution in [0.3, 0.4) is 0 Å². The number of nitrogens with zero attached hydrogens (tertiary/aromatic N) is 1. The molecule has 11 heteroatoms. The first kappa shape index (κ1) is 46.7. The molecule has 0 radical (unpaired) electrons. The Bertz CT molecular complexity index is 1980. The van der Waals surface area contributed by atoms with Crippen molar-refractivity contribution in [3.8, 4) is 0 Å². The van der Waals surface area contributed by atoms with Gasteiger partial charge >= 0.3 is 11.9 Å². The second kappa shape index (κ2) is 19.9. The van der Waals surface area contributed by atoms with E-state index >= 15 is 0 Å². The van der Waals surface area contributed by atoms with Gasteiger partial charge in [0.2, 0.25) is 0 Å². The molecule has 4 aromatic rings. The average molecular weight is 903 g/mol. The smallest absolute Gasteiger partial charge is 0.306 e. The zero-order valence-corrected chi connectivity index (χ0v) is 38.2. The Labute approximate surface area is 353 Å². The van der Waals surface area contributed by atoms with Crippen LogP contribution < -0.4 is 0 Å². The lowest BCUT2D eigenvalue weighted by molar-refractivity contribution is -0.150. The topological polar surface area (TPSA) is 132 Å². The summed E-state index contributed by atoms with van der Waals surface area (Å²) in [5, 5.41) is 21.4. The lowest BCUT2D eigenvalue weighted by Gasteiger charge is -2.39. The second-order valence-corrected chi connectivity index (χ2v) is 17.1. The van der Waals surface area contributed by atoms with Gasteiger partial charge in [0.05, 0.1) is 60.7 Å². The third kappa shape index (κ3) is 10.4. The van der Waals surface area contributed by atoms with Gasteiger partial charge in [0.1, 0.15) is 11.2 Å². The molecular weight excluding hydrogens is 835 g/mol. The monoisotopic (exact) mass is 902 g/mol. The molecular formula is C46H67IN2O8. The number of halogens is 1. The molecule has 0 fully saturated rings.